The largest absolute Gasteiger partial charge is 0.324 e. The first-order valence-corrected chi connectivity index (χ1v) is 6.42. The molecule has 21 heavy (non-hydrogen) atoms. The van der Waals surface area contributed by atoms with Crippen molar-refractivity contribution in [1.29, 1.82) is 0 Å². The van der Waals surface area contributed by atoms with Gasteiger partial charge in [-0.1, -0.05) is 11.6 Å². The number of hydrogen-bond acceptors (Lipinski definition) is 5. The van der Waals surface area contributed by atoms with Crippen LogP contribution in [0.1, 0.15) is 0 Å². The molecule has 3 rings (SSSR count). The summed E-state index contributed by atoms with van der Waals surface area (Å²) in [5.41, 5.74) is 1.42. The highest BCUT2D eigenvalue weighted by Gasteiger charge is 2.05. The molecule has 0 amide bonds. The molecule has 0 fully saturated rings. The SMILES string of the molecule is Fc1ccc(Nc2ncnc(-c3ccnc(Cl)c3)n2)cc1. The second-order valence-electron chi connectivity index (χ2n) is 4.13. The van der Waals surface area contributed by atoms with Gasteiger partial charge in [-0.15, -0.1) is 0 Å². The molecule has 7 heteroatoms. The number of benzene rings is 1. The maximum atomic E-state index is 12.9. The molecule has 5 nitrogen and oxygen atoms in total. The quantitative estimate of drug-likeness (QED) is 0.750. The molecule has 0 radical (unpaired) electrons. The molecule has 0 bridgehead atoms. The number of rotatable bonds is 3. The summed E-state index contributed by atoms with van der Waals surface area (Å²) < 4.78 is 12.9. The zero-order valence-corrected chi connectivity index (χ0v) is 11.4. The topological polar surface area (TPSA) is 63.6 Å². The van der Waals surface area contributed by atoms with Gasteiger partial charge in [-0.2, -0.15) is 4.98 Å². The highest BCUT2D eigenvalue weighted by atomic mass is 35.5. The van der Waals surface area contributed by atoms with Crippen molar-refractivity contribution >= 4 is 23.2 Å². The van der Waals surface area contributed by atoms with E-state index >= 15 is 0 Å². The van der Waals surface area contributed by atoms with Gasteiger partial charge in [0.25, 0.3) is 0 Å². The van der Waals surface area contributed by atoms with Crippen LogP contribution in [0.4, 0.5) is 16.0 Å². The maximum Gasteiger partial charge on any atom is 0.230 e. The fourth-order valence-electron chi connectivity index (χ4n) is 1.70. The minimum Gasteiger partial charge on any atom is -0.324 e. The molecule has 2 heterocycles. The Morgan fingerprint density at radius 2 is 1.81 bits per heavy atom. The molecule has 0 atom stereocenters. The Bertz CT molecular complexity index is 763. The third-order valence-corrected chi connectivity index (χ3v) is 2.86. The number of hydrogen-bond donors (Lipinski definition) is 1. The predicted octanol–water partition coefficient (Wildman–Crippen LogP) is 3.47. The van der Waals surface area contributed by atoms with Crippen molar-refractivity contribution < 1.29 is 4.39 Å². The van der Waals surface area contributed by atoms with Gasteiger partial charge >= 0.3 is 0 Å². The van der Waals surface area contributed by atoms with Gasteiger partial charge in [0.1, 0.15) is 17.3 Å². The van der Waals surface area contributed by atoms with Crippen LogP contribution >= 0.6 is 11.6 Å². The van der Waals surface area contributed by atoms with Crippen LogP contribution in [0.25, 0.3) is 11.4 Å². The van der Waals surface area contributed by atoms with Gasteiger partial charge in [0, 0.05) is 17.4 Å². The monoisotopic (exact) mass is 301 g/mol. The Kier molecular flexibility index (Phi) is 3.70. The molecule has 1 N–H and O–H groups in total. The maximum absolute atomic E-state index is 12.9. The molecule has 0 aliphatic rings. The number of anilines is 2. The predicted molar refractivity (Wildman–Crippen MR) is 77.8 cm³/mol. The summed E-state index contributed by atoms with van der Waals surface area (Å²) in [6.45, 7) is 0. The van der Waals surface area contributed by atoms with Gasteiger partial charge < -0.3 is 5.32 Å². The van der Waals surface area contributed by atoms with Crippen molar-refractivity contribution in [3.8, 4) is 11.4 Å². The number of nitrogens with one attached hydrogen (secondary N) is 1. The average molecular weight is 302 g/mol. The molecule has 3 aromatic rings. The molecule has 0 saturated heterocycles. The fraction of sp³-hybridized carbons (Fsp3) is 0. The second kappa shape index (κ2) is 5.80. The third kappa shape index (κ3) is 3.29. The van der Waals surface area contributed by atoms with E-state index in [2.05, 4.69) is 25.3 Å². The molecular formula is C14H9ClFN5. The number of nitrogens with zero attached hydrogens (tertiary/aromatic N) is 4. The zero-order chi connectivity index (χ0) is 14.7. The highest BCUT2D eigenvalue weighted by molar-refractivity contribution is 6.29. The lowest BCUT2D eigenvalue weighted by Gasteiger charge is -2.06. The lowest BCUT2D eigenvalue weighted by atomic mass is 10.2. The van der Waals surface area contributed by atoms with Crippen LogP contribution in [0.15, 0.2) is 48.9 Å². The van der Waals surface area contributed by atoms with Crippen molar-refractivity contribution in [3.05, 3.63) is 59.9 Å². The number of pyridine rings is 1. The van der Waals surface area contributed by atoms with Gasteiger partial charge in [-0.3, -0.25) is 0 Å². The smallest absolute Gasteiger partial charge is 0.230 e. The van der Waals surface area contributed by atoms with E-state index in [4.69, 9.17) is 11.6 Å². The molecule has 0 aliphatic carbocycles. The van der Waals surface area contributed by atoms with E-state index in [9.17, 15) is 4.39 Å². The van der Waals surface area contributed by atoms with E-state index in [1.165, 1.54) is 18.5 Å². The minimum absolute atomic E-state index is 0.302. The van der Waals surface area contributed by atoms with E-state index < -0.39 is 0 Å². The third-order valence-electron chi connectivity index (χ3n) is 2.66. The number of halogens is 2. The van der Waals surface area contributed by atoms with Crippen LogP contribution in [-0.2, 0) is 0 Å². The van der Waals surface area contributed by atoms with E-state index in [1.807, 2.05) is 0 Å². The van der Waals surface area contributed by atoms with Gasteiger partial charge in [0.05, 0.1) is 0 Å². The van der Waals surface area contributed by atoms with Crippen LogP contribution in [-0.4, -0.2) is 19.9 Å². The Labute approximate surface area is 124 Å². The van der Waals surface area contributed by atoms with Crippen LogP contribution in [0.2, 0.25) is 5.15 Å². The van der Waals surface area contributed by atoms with Crippen molar-refractivity contribution in [2.75, 3.05) is 5.32 Å². The summed E-state index contributed by atoms with van der Waals surface area (Å²) in [6.07, 6.45) is 2.97. The summed E-state index contributed by atoms with van der Waals surface area (Å²) in [7, 11) is 0. The van der Waals surface area contributed by atoms with Crippen LogP contribution in [0, 0.1) is 5.82 Å². The van der Waals surface area contributed by atoms with Gasteiger partial charge in [0.2, 0.25) is 5.95 Å². The zero-order valence-electron chi connectivity index (χ0n) is 10.7. The second-order valence-corrected chi connectivity index (χ2v) is 4.52. The van der Waals surface area contributed by atoms with E-state index in [0.717, 1.165) is 5.56 Å². The summed E-state index contributed by atoms with van der Waals surface area (Å²) in [5, 5.41) is 3.34. The normalized spacial score (nSPS) is 10.4. The first kappa shape index (κ1) is 13.4. The van der Waals surface area contributed by atoms with Crippen molar-refractivity contribution in [1.82, 2.24) is 19.9 Å². The molecular weight excluding hydrogens is 293 g/mol. The van der Waals surface area contributed by atoms with Crippen molar-refractivity contribution in [3.63, 3.8) is 0 Å². The fourth-order valence-corrected chi connectivity index (χ4v) is 1.87. The molecule has 1 aromatic carbocycles. The molecule has 0 saturated carbocycles. The molecule has 0 spiro atoms. The van der Waals surface area contributed by atoms with Crippen LogP contribution < -0.4 is 5.32 Å². The van der Waals surface area contributed by atoms with E-state index in [0.29, 0.717) is 22.6 Å². The summed E-state index contributed by atoms with van der Waals surface area (Å²) in [5.74, 6) is 0.529. The molecule has 0 aliphatic heterocycles. The lowest BCUT2D eigenvalue weighted by molar-refractivity contribution is 0.628. The van der Waals surface area contributed by atoms with E-state index in [-0.39, 0.29) is 5.82 Å². The van der Waals surface area contributed by atoms with Crippen LogP contribution in [0.5, 0.6) is 0 Å². The minimum atomic E-state index is -0.302. The van der Waals surface area contributed by atoms with Crippen molar-refractivity contribution in [2.45, 2.75) is 0 Å². The van der Waals surface area contributed by atoms with Gasteiger partial charge in [-0.05, 0) is 36.4 Å². The Balaban J connectivity index is 1.88. The van der Waals surface area contributed by atoms with Gasteiger partial charge in [0.15, 0.2) is 5.82 Å². The van der Waals surface area contributed by atoms with Gasteiger partial charge in [-0.25, -0.2) is 19.3 Å². The molecule has 0 unspecified atom stereocenters. The van der Waals surface area contributed by atoms with Crippen LogP contribution in [0.3, 0.4) is 0 Å². The standard InChI is InChI=1S/C14H9ClFN5/c15-12-7-9(5-6-17-12)13-18-8-19-14(21-13)20-11-3-1-10(16)2-4-11/h1-8H,(H,18,19,20,21). The molecule has 104 valence electrons. The first-order valence-electron chi connectivity index (χ1n) is 6.04. The van der Waals surface area contributed by atoms with Crippen molar-refractivity contribution in [2.24, 2.45) is 0 Å². The molecule has 2 aromatic heterocycles. The summed E-state index contributed by atoms with van der Waals surface area (Å²) in [4.78, 5) is 16.3. The first-order chi connectivity index (χ1) is 10.2. The number of aromatic nitrogens is 4. The Morgan fingerprint density at radius 1 is 1.00 bits per heavy atom. The Morgan fingerprint density at radius 3 is 2.57 bits per heavy atom. The average Bonchev–Trinajstić information content (AvgIpc) is 2.50. The highest BCUT2D eigenvalue weighted by Crippen LogP contribution is 2.19. The summed E-state index contributed by atoms with van der Waals surface area (Å²) >= 11 is 5.85. The van der Waals surface area contributed by atoms with E-state index in [1.54, 1.807) is 30.5 Å². The Hall–Kier alpha value is -2.60. The lowest BCUT2D eigenvalue weighted by Crippen LogP contribution is -2.00. The summed E-state index contributed by atoms with van der Waals surface area (Å²) in [6, 6.07) is 9.33.